The van der Waals surface area contributed by atoms with Crippen LogP contribution in [-0.4, -0.2) is 21.2 Å². The van der Waals surface area contributed by atoms with E-state index in [0.717, 1.165) is 45.9 Å². The Hall–Kier alpha value is -3.22. The Balaban J connectivity index is 0.00000148. The molecule has 3 aromatic carbocycles. The number of benzene rings is 3. The summed E-state index contributed by atoms with van der Waals surface area (Å²) in [7, 11) is 0. The first-order chi connectivity index (χ1) is 17.4. The zero-order chi connectivity index (χ0) is 25.7. The highest BCUT2D eigenvalue weighted by molar-refractivity contribution is 7.22. The van der Waals surface area contributed by atoms with E-state index in [1.54, 1.807) is 11.3 Å². The van der Waals surface area contributed by atoms with E-state index in [0.29, 0.717) is 12.8 Å². The van der Waals surface area contributed by atoms with E-state index >= 15 is 0 Å². The van der Waals surface area contributed by atoms with Crippen molar-refractivity contribution in [2.75, 3.05) is 5.32 Å². The number of aliphatic hydroxyl groups is 1. The highest BCUT2D eigenvalue weighted by Crippen LogP contribution is 2.45. The number of aromatic nitrogens is 1. The molecule has 1 aliphatic rings. The Morgan fingerprint density at radius 2 is 1.61 bits per heavy atom. The molecule has 4 aromatic rings. The van der Waals surface area contributed by atoms with Gasteiger partial charge >= 0.3 is 5.97 Å². The normalized spacial score (nSPS) is 15.2. The average molecular weight is 503 g/mol. The Kier molecular flexibility index (Phi) is 8.07. The van der Waals surface area contributed by atoms with Crippen LogP contribution in [-0.2, 0) is 4.79 Å². The average Bonchev–Trinajstić information content (AvgIpc) is 3.53. The van der Waals surface area contributed by atoms with Crippen molar-refractivity contribution in [1.29, 1.82) is 0 Å². The van der Waals surface area contributed by atoms with Gasteiger partial charge in [0.25, 0.3) is 0 Å². The minimum Gasteiger partial charge on any atom is -0.481 e. The van der Waals surface area contributed by atoms with Crippen LogP contribution in [0.4, 0.5) is 10.8 Å². The summed E-state index contributed by atoms with van der Waals surface area (Å²) < 4.78 is 1.17. The van der Waals surface area contributed by atoms with E-state index in [9.17, 15) is 15.0 Å². The molecule has 1 saturated carbocycles. The van der Waals surface area contributed by atoms with Crippen LogP contribution in [0.3, 0.4) is 0 Å². The second-order valence-corrected chi connectivity index (χ2v) is 10.4. The number of aliphatic hydroxyl groups excluding tert-OH is 1. The first kappa shape index (κ1) is 25.9. The Bertz CT molecular complexity index is 1310. The lowest BCUT2D eigenvalue weighted by Gasteiger charge is -2.26. The molecular formula is C30H34N2O3S. The zero-order valence-electron chi connectivity index (χ0n) is 21.1. The maximum atomic E-state index is 11.8. The molecule has 0 saturated heterocycles. The number of aryl methyl sites for hydroxylation is 1. The molecule has 0 amide bonds. The van der Waals surface area contributed by atoms with Crippen LogP contribution in [0.1, 0.15) is 63.2 Å². The Morgan fingerprint density at radius 3 is 2.22 bits per heavy atom. The van der Waals surface area contributed by atoms with Gasteiger partial charge in [0, 0.05) is 5.69 Å². The molecule has 1 fully saturated rings. The lowest BCUT2D eigenvalue weighted by Crippen LogP contribution is -2.29. The number of carboxylic acid groups (broad SMARTS) is 1. The molecule has 0 radical (unpaired) electrons. The van der Waals surface area contributed by atoms with Gasteiger partial charge in [0.15, 0.2) is 5.13 Å². The Morgan fingerprint density at radius 1 is 1.00 bits per heavy atom. The fourth-order valence-corrected chi connectivity index (χ4v) is 5.88. The number of rotatable bonds is 7. The second-order valence-electron chi connectivity index (χ2n) is 9.33. The van der Waals surface area contributed by atoms with Crippen LogP contribution >= 0.6 is 11.3 Å². The molecule has 1 aliphatic carbocycles. The minimum absolute atomic E-state index is 0.271. The predicted molar refractivity (Wildman–Crippen MR) is 149 cm³/mol. The number of anilines is 2. The molecule has 5 nitrogen and oxygen atoms in total. The van der Waals surface area contributed by atoms with E-state index in [-0.39, 0.29) is 6.42 Å². The summed E-state index contributed by atoms with van der Waals surface area (Å²) in [4.78, 5) is 16.5. The van der Waals surface area contributed by atoms with E-state index in [2.05, 4.69) is 41.5 Å². The fourth-order valence-electron chi connectivity index (χ4n) is 4.90. The van der Waals surface area contributed by atoms with Crippen molar-refractivity contribution < 1.29 is 15.0 Å². The predicted octanol–water partition coefficient (Wildman–Crippen LogP) is 8.11. The van der Waals surface area contributed by atoms with Crippen molar-refractivity contribution in [2.24, 2.45) is 5.41 Å². The quantitative estimate of drug-likeness (QED) is 0.238. The van der Waals surface area contributed by atoms with Crippen molar-refractivity contribution in [3.05, 3.63) is 77.9 Å². The fraction of sp³-hybridized carbons (Fsp3) is 0.333. The third-order valence-corrected chi connectivity index (χ3v) is 7.84. The third kappa shape index (κ3) is 5.61. The van der Waals surface area contributed by atoms with Gasteiger partial charge in [0.05, 0.1) is 21.7 Å². The number of carboxylic acids is 1. The third-order valence-electron chi connectivity index (χ3n) is 6.91. The van der Waals surface area contributed by atoms with Gasteiger partial charge in [0.2, 0.25) is 0 Å². The summed E-state index contributed by atoms with van der Waals surface area (Å²) in [5.41, 5.74) is 5.30. The number of hydrogen-bond donors (Lipinski definition) is 3. The molecule has 1 atom stereocenters. The maximum Gasteiger partial charge on any atom is 0.309 e. The second kappa shape index (κ2) is 11.2. The van der Waals surface area contributed by atoms with Crippen molar-refractivity contribution in [1.82, 2.24) is 4.98 Å². The van der Waals surface area contributed by atoms with Crippen LogP contribution in [0.5, 0.6) is 0 Å². The van der Waals surface area contributed by atoms with Crippen LogP contribution < -0.4 is 5.32 Å². The van der Waals surface area contributed by atoms with Crippen molar-refractivity contribution in [2.45, 2.75) is 59.0 Å². The smallest absolute Gasteiger partial charge is 0.309 e. The summed E-state index contributed by atoms with van der Waals surface area (Å²) in [5.74, 6) is -0.782. The van der Waals surface area contributed by atoms with Gasteiger partial charge in [-0.1, -0.05) is 80.5 Å². The topological polar surface area (TPSA) is 82.5 Å². The van der Waals surface area contributed by atoms with Gasteiger partial charge in [-0.3, -0.25) is 4.79 Å². The summed E-state index contributed by atoms with van der Waals surface area (Å²) >= 11 is 1.64. The molecule has 0 aliphatic heterocycles. The first-order valence-electron chi connectivity index (χ1n) is 12.7. The van der Waals surface area contributed by atoms with E-state index in [4.69, 9.17) is 0 Å². The minimum atomic E-state index is -0.789. The molecule has 0 bridgehead atoms. The highest BCUT2D eigenvalue weighted by atomic mass is 32.1. The number of nitrogens with zero attached hydrogens (tertiary/aromatic N) is 1. The first-order valence-corrected chi connectivity index (χ1v) is 13.5. The highest BCUT2D eigenvalue weighted by Gasteiger charge is 2.42. The monoisotopic (exact) mass is 502 g/mol. The SMILES string of the molecule is CC.Cc1ccc2nc(Nc3ccc(-c4ccc(C(O)CC5(C(=O)O)CCCC5)cc4)cc3)sc2c1. The molecule has 6 heteroatoms. The van der Waals surface area contributed by atoms with Crippen LogP contribution in [0.2, 0.25) is 0 Å². The number of nitrogens with one attached hydrogen (secondary N) is 1. The molecule has 1 heterocycles. The molecule has 1 aromatic heterocycles. The molecule has 188 valence electrons. The van der Waals surface area contributed by atoms with E-state index in [1.807, 2.05) is 56.3 Å². The van der Waals surface area contributed by atoms with Gasteiger partial charge < -0.3 is 15.5 Å². The van der Waals surface area contributed by atoms with Gasteiger partial charge in [-0.2, -0.15) is 0 Å². The summed E-state index contributed by atoms with van der Waals surface area (Å²) in [6.45, 7) is 6.08. The molecule has 5 rings (SSSR count). The number of thiazole rings is 1. The van der Waals surface area contributed by atoms with Crippen molar-refractivity contribution in [3.63, 3.8) is 0 Å². The largest absolute Gasteiger partial charge is 0.481 e. The van der Waals surface area contributed by atoms with Crippen molar-refractivity contribution in [3.8, 4) is 11.1 Å². The lowest BCUT2D eigenvalue weighted by molar-refractivity contribution is -0.150. The lowest BCUT2D eigenvalue weighted by atomic mass is 9.79. The van der Waals surface area contributed by atoms with E-state index in [1.165, 1.54) is 10.3 Å². The number of hydrogen-bond acceptors (Lipinski definition) is 5. The van der Waals surface area contributed by atoms with Gasteiger partial charge in [0.1, 0.15) is 0 Å². The number of fused-ring (bicyclic) bond motifs is 1. The standard InChI is InChI=1S/C28H28N2O3S.C2H6/c1-18-4-13-23-25(16-18)34-27(30-23)29-22-11-9-20(10-12-22)19-5-7-21(8-6-19)24(31)17-28(26(32)33)14-2-3-15-28;1-2/h4-13,16,24,31H,2-3,14-15,17H2,1H3,(H,29,30)(H,32,33);1-2H3. The van der Waals surface area contributed by atoms with Crippen molar-refractivity contribution >= 4 is 38.3 Å². The number of carbonyl (C=O) groups is 1. The molecular weight excluding hydrogens is 468 g/mol. The van der Waals surface area contributed by atoms with Gasteiger partial charge in [-0.15, -0.1) is 0 Å². The summed E-state index contributed by atoms with van der Waals surface area (Å²) in [6.07, 6.45) is 2.63. The summed E-state index contributed by atoms with van der Waals surface area (Å²) in [5, 5.41) is 24.7. The van der Waals surface area contributed by atoms with E-state index < -0.39 is 17.5 Å². The maximum absolute atomic E-state index is 11.8. The van der Waals surface area contributed by atoms with Gasteiger partial charge in [-0.05, 0) is 72.7 Å². The molecule has 1 unspecified atom stereocenters. The zero-order valence-corrected chi connectivity index (χ0v) is 21.9. The Labute approximate surface area is 216 Å². The van der Waals surface area contributed by atoms with Crippen LogP contribution in [0.15, 0.2) is 66.7 Å². The van der Waals surface area contributed by atoms with Crippen LogP contribution in [0, 0.1) is 12.3 Å². The number of aliphatic carboxylic acids is 1. The van der Waals surface area contributed by atoms with Gasteiger partial charge in [-0.25, -0.2) is 4.98 Å². The molecule has 36 heavy (non-hydrogen) atoms. The molecule has 3 N–H and O–H groups in total. The van der Waals surface area contributed by atoms with Crippen LogP contribution in [0.25, 0.3) is 21.3 Å². The molecule has 0 spiro atoms. The summed E-state index contributed by atoms with van der Waals surface area (Å²) in [6, 6.07) is 22.2.